The molecule has 1 aliphatic rings. The number of nitrogens with one attached hydrogen (secondary N) is 1. The summed E-state index contributed by atoms with van der Waals surface area (Å²) in [4.78, 5) is 24.6. The average molecular weight is 229 g/mol. The molecule has 1 aliphatic heterocycles. The Kier molecular flexibility index (Phi) is 5.21. The lowest BCUT2D eigenvalue weighted by Crippen LogP contribution is -2.45. The first-order valence-electron chi connectivity index (χ1n) is 5.55. The third-order valence-electron chi connectivity index (χ3n) is 2.79. The molecule has 0 saturated carbocycles. The summed E-state index contributed by atoms with van der Waals surface area (Å²) >= 11 is 0. The molecular formula is C10H19N3O3. The van der Waals surface area contributed by atoms with Crippen LogP contribution in [0.15, 0.2) is 0 Å². The number of nitrogens with zero attached hydrogens (tertiary/aromatic N) is 1. The van der Waals surface area contributed by atoms with Gasteiger partial charge in [0, 0.05) is 25.6 Å². The predicted molar refractivity (Wildman–Crippen MR) is 58.1 cm³/mol. The number of carbonyl (C=O) groups is 2. The number of piperidine rings is 1. The van der Waals surface area contributed by atoms with Crippen molar-refractivity contribution < 1.29 is 14.3 Å². The standard InChI is InChI=1S/C10H19N3O3/c1-2-16-7-9(14)13-5-3-8(4-6-13)10(15)12-11/h8H,2-7,11H2,1H3,(H,12,15). The Morgan fingerprint density at radius 1 is 1.44 bits per heavy atom. The van der Waals surface area contributed by atoms with Gasteiger partial charge in [-0.25, -0.2) is 5.84 Å². The number of carbonyl (C=O) groups excluding carboxylic acids is 2. The summed E-state index contributed by atoms with van der Waals surface area (Å²) in [7, 11) is 0. The molecule has 2 amide bonds. The smallest absolute Gasteiger partial charge is 0.248 e. The van der Waals surface area contributed by atoms with Crippen LogP contribution in [0.25, 0.3) is 0 Å². The van der Waals surface area contributed by atoms with Gasteiger partial charge in [0.2, 0.25) is 11.8 Å². The number of rotatable bonds is 4. The number of nitrogens with two attached hydrogens (primary N) is 1. The van der Waals surface area contributed by atoms with Crippen molar-refractivity contribution in [3.8, 4) is 0 Å². The van der Waals surface area contributed by atoms with E-state index in [9.17, 15) is 9.59 Å². The number of likely N-dealkylation sites (tertiary alicyclic amines) is 1. The molecule has 6 nitrogen and oxygen atoms in total. The highest BCUT2D eigenvalue weighted by Gasteiger charge is 2.26. The molecule has 1 rings (SSSR count). The molecule has 1 heterocycles. The quantitative estimate of drug-likeness (QED) is 0.377. The van der Waals surface area contributed by atoms with Crippen LogP contribution in [0.2, 0.25) is 0 Å². The van der Waals surface area contributed by atoms with Gasteiger partial charge in [-0.1, -0.05) is 0 Å². The maximum Gasteiger partial charge on any atom is 0.248 e. The van der Waals surface area contributed by atoms with Crippen LogP contribution in [0.1, 0.15) is 19.8 Å². The summed E-state index contributed by atoms with van der Waals surface area (Å²) < 4.78 is 5.05. The van der Waals surface area contributed by atoms with Crippen LogP contribution in [0.4, 0.5) is 0 Å². The minimum atomic E-state index is -0.142. The van der Waals surface area contributed by atoms with Gasteiger partial charge in [-0.15, -0.1) is 0 Å². The van der Waals surface area contributed by atoms with E-state index in [1.165, 1.54) is 0 Å². The van der Waals surface area contributed by atoms with Gasteiger partial charge in [-0.2, -0.15) is 0 Å². The molecule has 0 spiro atoms. The molecule has 0 radical (unpaired) electrons. The fourth-order valence-corrected chi connectivity index (χ4v) is 1.79. The molecule has 0 unspecified atom stereocenters. The van der Waals surface area contributed by atoms with Gasteiger partial charge in [-0.05, 0) is 19.8 Å². The zero-order valence-electron chi connectivity index (χ0n) is 9.57. The predicted octanol–water partition coefficient (Wildman–Crippen LogP) is -0.749. The topological polar surface area (TPSA) is 84.7 Å². The summed E-state index contributed by atoms with van der Waals surface area (Å²) in [6, 6.07) is 0. The molecule has 16 heavy (non-hydrogen) atoms. The van der Waals surface area contributed by atoms with Gasteiger partial charge in [0.15, 0.2) is 0 Å². The molecule has 1 saturated heterocycles. The molecule has 0 aromatic carbocycles. The maximum absolute atomic E-state index is 11.6. The van der Waals surface area contributed by atoms with Crippen molar-refractivity contribution >= 4 is 11.8 Å². The van der Waals surface area contributed by atoms with Gasteiger partial charge in [0.05, 0.1) is 0 Å². The molecule has 6 heteroatoms. The van der Waals surface area contributed by atoms with E-state index in [1.54, 1.807) is 4.90 Å². The molecule has 1 fully saturated rings. The fourth-order valence-electron chi connectivity index (χ4n) is 1.79. The third-order valence-corrected chi connectivity index (χ3v) is 2.79. The molecule has 3 N–H and O–H groups in total. The van der Waals surface area contributed by atoms with Crippen molar-refractivity contribution in [3.05, 3.63) is 0 Å². The zero-order chi connectivity index (χ0) is 12.0. The molecule has 0 aromatic heterocycles. The Bertz CT molecular complexity index is 250. The normalized spacial score (nSPS) is 17.2. The van der Waals surface area contributed by atoms with E-state index in [4.69, 9.17) is 10.6 Å². The second-order valence-electron chi connectivity index (χ2n) is 3.80. The Hall–Kier alpha value is -1.14. The monoisotopic (exact) mass is 229 g/mol. The minimum Gasteiger partial charge on any atom is -0.372 e. The van der Waals surface area contributed by atoms with E-state index in [-0.39, 0.29) is 24.3 Å². The van der Waals surface area contributed by atoms with Gasteiger partial charge < -0.3 is 9.64 Å². The SMILES string of the molecule is CCOCC(=O)N1CCC(C(=O)NN)CC1. The average Bonchev–Trinajstić information content (AvgIpc) is 2.35. The molecule has 0 bridgehead atoms. The number of hydrogen-bond donors (Lipinski definition) is 2. The Morgan fingerprint density at radius 2 is 2.06 bits per heavy atom. The van der Waals surface area contributed by atoms with E-state index < -0.39 is 0 Å². The van der Waals surface area contributed by atoms with E-state index in [2.05, 4.69) is 5.43 Å². The maximum atomic E-state index is 11.6. The van der Waals surface area contributed by atoms with E-state index in [0.717, 1.165) is 0 Å². The number of hydrazine groups is 1. The Labute approximate surface area is 95.1 Å². The second-order valence-corrected chi connectivity index (χ2v) is 3.80. The first-order chi connectivity index (χ1) is 7.69. The summed E-state index contributed by atoms with van der Waals surface area (Å²) in [6.07, 6.45) is 1.34. The minimum absolute atomic E-state index is 0.00606. The number of ether oxygens (including phenoxy) is 1. The van der Waals surface area contributed by atoms with E-state index >= 15 is 0 Å². The number of amides is 2. The summed E-state index contributed by atoms with van der Waals surface area (Å²) in [5.41, 5.74) is 2.15. The Balaban J connectivity index is 2.31. The van der Waals surface area contributed by atoms with Crippen molar-refractivity contribution in [2.75, 3.05) is 26.3 Å². The van der Waals surface area contributed by atoms with Crippen molar-refractivity contribution in [1.82, 2.24) is 10.3 Å². The summed E-state index contributed by atoms with van der Waals surface area (Å²) in [5, 5.41) is 0. The lowest BCUT2D eigenvalue weighted by atomic mass is 9.96. The van der Waals surface area contributed by atoms with Gasteiger partial charge in [-0.3, -0.25) is 15.0 Å². The van der Waals surface area contributed by atoms with Crippen LogP contribution in [-0.4, -0.2) is 43.0 Å². The third kappa shape index (κ3) is 3.46. The molecular weight excluding hydrogens is 210 g/mol. The molecule has 0 aromatic rings. The first kappa shape index (κ1) is 12.9. The second kappa shape index (κ2) is 6.44. The highest BCUT2D eigenvalue weighted by Crippen LogP contribution is 2.17. The largest absolute Gasteiger partial charge is 0.372 e. The molecule has 0 atom stereocenters. The molecule has 92 valence electrons. The van der Waals surface area contributed by atoms with Crippen molar-refractivity contribution in [1.29, 1.82) is 0 Å². The van der Waals surface area contributed by atoms with Gasteiger partial charge in [0.25, 0.3) is 0 Å². The summed E-state index contributed by atoms with van der Waals surface area (Å²) in [5.74, 6) is 4.85. The lowest BCUT2D eigenvalue weighted by Gasteiger charge is -2.30. The van der Waals surface area contributed by atoms with Crippen LogP contribution >= 0.6 is 0 Å². The Morgan fingerprint density at radius 3 is 2.56 bits per heavy atom. The zero-order valence-corrected chi connectivity index (χ0v) is 9.57. The van der Waals surface area contributed by atoms with Crippen LogP contribution in [-0.2, 0) is 14.3 Å². The van der Waals surface area contributed by atoms with Crippen LogP contribution in [0, 0.1) is 5.92 Å². The van der Waals surface area contributed by atoms with Gasteiger partial charge in [0.1, 0.15) is 6.61 Å². The van der Waals surface area contributed by atoms with Crippen molar-refractivity contribution in [2.45, 2.75) is 19.8 Å². The first-order valence-corrected chi connectivity index (χ1v) is 5.55. The number of hydrogen-bond acceptors (Lipinski definition) is 4. The van der Waals surface area contributed by atoms with E-state index in [1.807, 2.05) is 6.92 Å². The van der Waals surface area contributed by atoms with E-state index in [0.29, 0.717) is 32.5 Å². The fraction of sp³-hybridized carbons (Fsp3) is 0.800. The van der Waals surface area contributed by atoms with Crippen LogP contribution in [0.3, 0.4) is 0 Å². The van der Waals surface area contributed by atoms with Crippen LogP contribution in [0.5, 0.6) is 0 Å². The van der Waals surface area contributed by atoms with Crippen molar-refractivity contribution in [2.24, 2.45) is 11.8 Å². The summed E-state index contributed by atoms with van der Waals surface area (Å²) in [6.45, 7) is 3.72. The lowest BCUT2D eigenvalue weighted by molar-refractivity contribution is -0.139. The highest BCUT2D eigenvalue weighted by molar-refractivity contribution is 5.80. The van der Waals surface area contributed by atoms with Crippen LogP contribution < -0.4 is 11.3 Å². The highest BCUT2D eigenvalue weighted by atomic mass is 16.5. The molecule has 0 aliphatic carbocycles. The van der Waals surface area contributed by atoms with Crippen molar-refractivity contribution in [3.63, 3.8) is 0 Å². The van der Waals surface area contributed by atoms with Gasteiger partial charge >= 0.3 is 0 Å².